The second kappa shape index (κ2) is 9.57. The van der Waals surface area contributed by atoms with Crippen LogP contribution in [0.15, 0.2) is 78.9 Å². The molecule has 3 aromatic carbocycles. The van der Waals surface area contributed by atoms with E-state index >= 15 is 0 Å². The minimum absolute atomic E-state index is 0.215. The zero-order chi connectivity index (χ0) is 25.4. The second-order valence-corrected chi connectivity index (χ2v) is 10.4. The summed E-state index contributed by atoms with van der Waals surface area (Å²) in [5, 5.41) is 0.869. The number of hydrogen-bond donors (Lipinski definition) is 0. The standard InChI is InChI=1S/C28H24Cl2O5/c1-27(2,3)26-34-25(33)28(35-26,19-7-5-4-6-8-19)22(23(31)17-9-13-20(29)14-10-17)24(32)18-11-15-21(30)16-12-18/h4-16,22,26H,1-3H3/t26-,28-/m1/s1. The van der Waals surface area contributed by atoms with Crippen LogP contribution in [0.25, 0.3) is 0 Å². The van der Waals surface area contributed by atoms with Gasteiger partial charge in [-0.1, -0.05) is 74.3 Å². The van der Waals surface area contributed by atoms with Crippen LogP contribution < -0.4 is 0 Å². The summed E-state index contributed by atoms with van der Waals surface area (Å²) in [7, 11) is 0. The van der Waals surface area contributed by atoms with Crippen molar-refractivity contribution in [2.75, 3.05) is 0 Å². The van der Waals surface area contributed by atoms with E-state index in [4.69, 9.17) is 32.7 Å². The Morgan fingerprint density at radius 2 is 1.26 bits per heavy atom. The molecule has 1 fully saturated rings. The van der Waals surface area contributed by atoms with Gasteiger partial charge in [0.25, 0.3) is 0 Å². The Hall–Kier alpha value is -2.99. The van der Waals surface area contributed by atoms with E-state index < -0.39 is 40.8 Å². The van der Waals surface area contributed by atoms with Crippen LogP contribution in [-0.4, -0.2) is 23.8 Å². The van der Waals surface area contributed by atoms with Gasteiger partial charge >= 0.3 is 5.97 Å². The maximum Gasteiger partial charge on any atom is 0.346 e. The third kappa shape index (κ3) is 4.76. The molecule has 1 aliphatic heterocycles. The fraction of sp³-hybridized carbons (Fsp3) is 0.250. The highest BCUT2D eigenvalue weighted by Gasteiger charge is 2.63. The molecule has 0 aliphatic carbocycles. The lowest BCUT2D eigenvalue weighted by Crippen LogP contribution is -2.49. The van der Waals surface area contributed by atoms with Crippen LogP contribution in [0.1, 0.15) is 47.1 Å². The SMILES string of the molecule is CC(C)(C)[C@@H]1OC(=O)[C@@](c2ccccc2)(C(C(=O)c2ccc(Cl)cc2)C(=O)c2ccc(Cl)cc2)O1. The molecule has 1 saturated heterocycles. The summed E-state index contributed by atoms with van der Waals surface area (Å²) in [4.78, 5) is 41.7. The van der Waals surface area contributed by atoms with E-state index in [1.165, 1.54) is 24.3 Å². The van der Waals surface area contributed by atoms with Crippen LogP contribution in [0.4, 0.5) is 0 Å². The quantitative estimate of drug-likeness (QED) is 0.214. The van der Waals surface area contributed by atoms with Gasteiger partial charge in [0.05, 0.1) is 0 Å². The lowest BCUT2D eigenvalue weighted by molar-refractivity contribution is -0.157. The fourth-order valence-corrected chi connectivity index (χ4v) is 4.31. The number of carbonyl (C=O) groups is 3. The zero-order valence-corrected chi connectivity index (χ0v) is 21.0. The average molecular weight is 511 g/mol. The Morgan fingerprint density at radius 3 is 1.66 bits per heavy atom. The molecule has 3 aromatic rings. The summed E-state index contributed by atoms with van der Waals surface area (Å²) in [5.41, 5.74) is -1.82. The highest BCUT2D eigenvalue weighted by molar-refractivity contribution is 6.31. The number of rotatable bonds is 6. The Morgan fingerprint density at radius 1 is 0.800 bits per heavy atom. The Bertz CT molecular complexity index is 1190. The van der Waals surface area contributed by atoms with E-state index in [2.05, 4.69) is 0 Å². The molecule has 2 atom stereocenters. The number of carbonyl (C=O) groups excluding carboxylic acids is 3. The first-order valence-corrected chi connectivity index (χ1v) is 11.8. The van der Waals surface area contributed by atoms with E-state index in [1.54, 1.807) is 54.6 Å². The molecule has 0 bridgehead atoms. The molecule has 0 unspecified atom stereocenters. The molecule has 1 heterocycles. The molecular formula is C28H24Cl2O5. The predicted octanol–water partition coefficient (Wildman–Crippen LogP) is 6.52. The lowest BCUT2D eigenvalue weighted by Gasteiger charge is -2.33. The van der Waals surface area contributed by atoms with Crippen molar-refractivity contribution in [2.24, 2.45) is 11.3 Å². The Labute approximate surface area is 214 Å². The first-order valence-electron chi connectivity index (χ1n) is 11.1. The second-order valence-electron chi connectivity index (χ2n) is 9.50. The first kappa shape index (κ1) is 25.1. The van der Waals surface area contributed by atoms with Crippen LogP contribution >= 0.6 is 23.2 Å². The maximum absolute atomic E-state index is 14.0. The van der Waals surface area contributed by atoms with Crippen molar-refractivity contribution in [1.29, 1.82) is 0 Å². The number of benzene rings is 3. The van der Waals surface area contributed by atoms with Crippen LogP contribution in [0.5, 0.6) is 0 Å². The molecule has 0 N–H and O–H groups in total. The summed E-state index contributed by atoms with van der Waals surface area (Å²) in [6, 6.07) is 20.8. The zero-order valence-electron chi connectivity index (χ0n) is 19.5. The highest BCUT2D eigenvalue weighted by atomic mass is 35.5. The van der Waals surface area contributed by atoms with Crippen molar-refractivity contribution in [3.8, 4) is 0 Å². The monoisotopic (exact) mass is 510 g/mol. The number of halogens is 2. The van der Waals surface area contributed by atoms with Crippen molar-refractivity contribution >= 4 is 40.7 Å². The van der Waals surface area contributed by atoms with Crippen molar-refractivity contribution in [3.05, 3.63) is 106 Å². The van der Waals surface area contributed by atoms with Gasteiger partial charge in [0, 0.05) is 26.6 Å². The molecule has 0 spiro atoms. The van der Waals surface area contributed by atoms with Gasteiger partial charge in [-0.3, -0.25) is 9.59 Å². The molecule has 35 heavy (non-hydrogen) atoms. The minimum atomic E-state index is -1.99. The van der Waals surface area contributed by atoms with E-state index in [0.717, 1.165) is 0 Å². The van der Waals surface area contributed by atoms with Crippen molar-refractivity contribution in [1.82, 2.24) is 0 Å². The van der Waals surface area contributed by atoms with Gasteiger partial charge in [-0.2, -0.15) is 0 Å². The number of esters is 1. The molecule has 0 aromatic heterocycles. The molecule has 0 radical (unpaired) electrons. The van der Waals surface area contributed by atoms with Gasteiger partial charge in [0.2, 0.25) is 11.9 Å². The minimum Gasteiger partial charge on any atom is -0.433 e. The molecular weight excluding hydrogens is 487 g/mol. The third-order valence-corrected chi connectivity index (χ3v) is 6.41. The topological polar surface area (TPSA) is 69.7 Å². The van der Waals surface area contributed by atoms with Gasteiger partial charge in [-0.25, -0.2) is 4.79 Å². The third-order valence-electron chi connectivity index (χ3n) is 5.91. The Kier molecular flexibility index (Phi) is 6.87. The first-order chi connectivity index (χ1) is 16.5. The number of hydrogen-bond acceptors (Lipinski definition) is 5. The molecule has 7 heteroatoms. The van der Waals surface area contributed by atoms with Gasteiger partial charge in [0.1, 0.15) is 5.92 Å². The summed E-state index contributed by atoms with van der Waals surface area (Å²) >= 11 is 12.0. The van der Waals surface area contributed by atoms with Crippen molar-refractivity contribution < 1.29 is 23.9 Å². The van der Waals surface area contributed by atoms with Gasteiger partial charge in [-0.15, -0.1) is 0 Å². The molecule has 0 amide bonds. The van der Waals surface area contributed by atoms with E-state index in [9.17, 15) is 14.4 Å². The molecule has 4 rings (SSSR count). The number of ketones is 2. The summed E-state index contributed by atoms with van der Waals surface area (Å²) < 4.78 is 12.0. The number of cyclic esters (lactones) is 1. The maximum atomic E-state index is 14.0. The Balaban J connectivity index is 1.95. The van der Waals surface area contributed by atoms with Crippen LogP contribution in [-0.2, 0) is 19.9 Å². The van der Waals surface area contributed by atoms with Gasteiger partial charge in [-0.05, 0) is 54.1 Å². The molecule has 1 aliphatic rings. The van der Waals surface area contributed by atoms with E-state index in [-0.39, 0.29) is 11.1 Å². The van der Waals surface area contributed by atoms with Crippen LogP contribution in [0.2, 0.25) is 10.0 Å². The molecule has 0 saturated carbocycles. The highest BCUT2D eigenvalue weighted by Crippen LogP contribution is 2.47. The van der Waals surface area contributed by atoms with E-state index in [1.807, 2.05) is 20.8 Å². The van der Waals surface area contributed by atoms with Gasteiger partial charge < -0.3 is 9.47 Å². The lowest BCUT2D eigenvalue weighted by atomic mass is 9.73. The van der Waals surface area contributed by atoms with Gasteiger partial charge in [0.15, 0.2) is 11.6 Å². The normalized spacial score (nSPS) is 20.1. The summed E-state index contributed by atoms with van der Waals surface area (Å²) in [5.74, 6) is -3.53. The number of Topliss-reactive ketones (excluding diaryl/α,β-unsaturated/α-hetero) is 2. The smallest absolute Gasteiger partial charge is 0.346 e. The fourth-order valence-electron chi connectivity index (χ4n) is 4.05. The number of ether oxygens (including phenoxy) is 2. The summed E-state index contributed by atoms with van der Waals surface area (Å²) in [6.45, 7) is 5.55. The van der Waals surface area contributed by atoms with Crippen molar-refractivity contribution in [2.45, 2.75) is 32.7 Å². The molecule has 5 nitrogen and oxygen atoms in total. The van der Waals surface area contributed by atoms with E-state index in [0.29, 0.717) is 15.6 Å². The average Bonchev–Trinajstić information content (AvgIpc) is 3.19. The summed E-state index contributed by atoms with van der Waals surface area (Å²) in [6.07, 6.45) is -0.978. The molecule has 180 valence electrons. The predicted molar refractivity (Wildman–Crippen MR) is 134 cm³/mol. The van der Waals surface area contributed by atoms with Crippen LogP contribution in [0, 0.1) is 11.3 Å². The van der Waals surface area contributed by atoms with Crippen molar-refractivity contribution in [3.63, 3.8) is 0 Å². The van der Waals surface area contributed by atoms with Crippen LogP contribution in [0.3, 0.4) is 0 Å². The largest absolute Gasteiger partial charge is 0.433 e.